The number of hydrogen-bond donors (Lipinski definition) is 1. The number of aryl methyl sites for hydroxylation is 1. The molecular formula is C20H21NOS. The number of aliphatic hydroxyl groups excluding tert-OH is 1. The smallest absolute Gasteiger partial charge is 0.120 e. The van der Waals surface area contributed by atoms with Crippen LogP contribution in [0.2, 0.25) is 0 Å². The van der Waals surface area contributed by atoms with Crippen molar-refractivity contribution >= 4 is 28.4 Å². The SMILES string of the molecule is CCSC(/C=C(/O)c1ccccc1)c1cn(C)c2ccccc12. The number of nitrogens with zero attached hydrogens (tertiary/aromatic N) is 1. The molecule has 3 rings (SSSR count). The number of benzene rings is 2. The van der Waals surface area contributed by atoms with Gasteiger partial charge in [0.25, 0.3) is 0 Å². The molecule has 0 aliphatic heterocycles. The zero-order chi connectivity index (χ0) is 16.2. The highest BCUT2D eigenvalue weighted by Crippen LogP contribution is 2.37. The second-order valence-electron chi connectivity index (χ2n) is 5.51. The minimum atomic E-state index is 0.131. The molecule has 0 amide bonds. The lowest BCUT2D eigenvalue weighted by atomic mass is 10.1. The van der Waals surface area contributed by atoms with Crippen LogP contribution in [0.3, 0.4) is 0 Å². The number of aromatic nitrogens is 1. The monoisotopic (exact) mass is 323 g/mol. The number of para-hydroxylation sites is 1. The molecule has 1 N–H and O–H groups in total. The summed E-state index contributed by atoms with van der Waals surface area (Å²) in [5, 5.41) is 11.9. The molecule has 0 aliphatic carbocycles. The van der Waals surface area contributed by atoms with E-state index in [0.717, 1.165) is 11.3 Å². The summed E-state index contributed by atoms with van der Waals surface area (Å²) in [6.07, 6.45) is 4.14. The van der Waals surface area contributed by atoms with Gasteiger partial charge in [-0.2, -0.15) is 0 Å². The molecule has 1 unspecified atom stereocenters. The predicted molar refractivity (Wildman–Crippen MR) is 101 cm³/mol. The molecule has 0 fully saturated rings. The molecule has 1 atom stereocenters. The minimum absolute atomic E-state index is 0.131. The Morgan fingerprint density at radius 2 is 1.83 bits per heavy atom. The van der Waals surface area contributed by atoms with Gasteiger partial charge in [0.1, 0.15) is 5.76 Å². The summed E-state index contributed by atoms with van der Waals surface area (Å²) < 4.78 is 2.15. The van der Waals surface area contributed by atoms with E-state index in [2.05, 4.69) is 49.0 Å². The lowest BCUT2D eigenvalue weighted by molar-refractivity contribution is 0.510. The van der Waals surface area contributed by atoms with E-state index < -0.39 is 0 Å². The van der Waals surface area contributed by atoms with Crippen molar-refractivity contribution in [2.45, 2.75) is 12.2 Å². The fourth-order valence-corrected chi connectivity index (χ4v) is 3.81. The van der Waals surface area contributed by atoms with Crippen LogP contribution < -0.4 is 0 Å². The Bertz CT molecular complexity index is 820. The number of fused-ring (bicyclic) bond motifs is 1. The van der Waals surface area contributed by atoms with Crippen molar-refractivity contribution in [3.05, 3.63) is 78.0 Å². The van der Waals surface area contributed by atoms with E-state index in [4.69, 9.17) is 0 Å². The second-order valence-corrected chi connectivity index (χ2v) is 6.92. The minimum Gasteiger partial charge on any atom is -0.508 e. The average Bonchev–Trinajstić information content (AvgIpc) is 2.92. The molecular weight excluding hydrogens is 302 g/mol. The van der Waals surface area contributed by atoms with E-state index in [-0.39, 0.29) is 5.25 Å². The summed E-state index contributed by atoms with van der Waals surface area (Å²) in [4.78, 5) is 0. The summed E-state index contributed by atoms with van der Waals surface area (Å²) >= 11 is 1.83. The van der Waals surface area contributed by atoms with Gasteiger partial charge in [0.2, 0.25) is 0 Å². The van der Waals surface area contributed by atoms with E-state index in [1.807, 2.05) is 48.2 Å². The standard InChI is InChI=1S/C20H21NOS/c1-3-23-20(13-19(22)15-9-5-4-6-10-15)17-14-21(2)18-12-8-7-11-16(17)18/h4-14,20,22H,3H2,1-2H3/b19-13+. The number of thioether (sulfide) groups is 1. The van der Waals surface area contributed by atoms with Crippen molar-refractivity contribution in [3.63, 3.8) is 0 Å². The van der Waals surface area contributed by atoms with Crippen LogP contribution >= 0.6 is 11.8 Å². The topological polar surface area (TPSA) is 25.2 Å². The first-order valence-corrected chi connectivity index (χ1v) is 8.87. The van der Waals surface area contributed by atoms with Gasteiger partial charge in [-0.3, -0.25) is 0 Å². The van der Waals surface area contributed by atoms with Gasteiger partial charge in [-0.05, 0) is 23.5 Å². The fraction of sp³-hybridized carbons (Fsp3) is 0.200. The molecule has 0 saturated heterocycles. The Balaban J connectivity index is 2.04. The third-order valence-corrected chi connectivity index (χ3v) is 5.04. The number of rotatable bonds is 5. The van der Waals surface area contributed by atoms with Gasteiger partial charge in [-0.1, -0.05) is 55.5 Å². The first-order valence-electron chi connectivity index (χ1n) is 7.82. The predicted octanol–water partition coefficient (Wildman–Crippen LogP) is 5.57. The quantitative estimate of drug-likeness (QED) is 0.621. The Morgan fingerprint density at radius 1 is 1.13 bits per heavy atom. The van der Waals surface area contributed by atoms with E-state index in [0.29, 0.717) is 5.76 Å². The molecule has 0 spiro atoms. The fourth-order valence-electron chi connectivity index (χ4n) is 2.86. The van der Waals surface area contributed by atoms with Gasteiger partial charge in [0, 0.05) is 29.7 Å². The van der Waals surface area contributed by atoms with Crippen LogP contribution in [0.15, 0.2) is 66.9 Å². The maximum absolute atomic E-state index is 10.5. The molecule has 118 valence electrons. The maximum atomic E-state index is 10.5. The Labute approximate surface area is 141 Å². The zero-order valence-electron chi connectivity index (χ0n) is 13.4. The first-order chi connectivity index (χ1) is 11.2. The third-order valence-electron chi connectivity index (χ3n) is 3.96. The van der Waals surface area contributed by atoms with Gasteiger partial charge < -0.3 is 9.67 Å². The summed E-state index contributed by atoms with van der Waals surface area (Å²) in [6, 6.07) is 18.1. The summed E-state index contributed by atoms with van der Waals surface area (Å²) in [6.45, 7) is 2.15. The molecule has 0 saturated carbocycles. The van der Waals surface area contributed by atoms with Crippen molar-refractivity contribution in [1.82, 2.24) is 4.57 Å². The number of aliphatic hydroxyl groups is 1. The van der Waals surface area contributed by atoms with Crippen molar-refractivity contribution in [2.24, 2.45) is 7.05 Å². The Morgan fingerprint density at radius 3 is 2.57 bits per heavy atom. The van der Waals surface area contributed by atoms with Crippen LogP contribution in [0, 0.1) is 0 Å². The molecule has 2 nitrogen and oxygen atoms in total. The van der Waals surface area contributed by atoms with Gasteiger partial charge in [0.05, 0.1) is 5.25 Å². The van der Waals surface area contributed by atoms with Crippen LogP contribution in [0.5, 0.6) is 0 Å². The number of hydrogen-bond acceptors (Lipinski definition) is 2. The van der Waals surface area contributed by atoms with Crippen molar-refractivity contribution < 1.29 is 5.11 Å². The van der Waals surface area contributed by atoms with Crippen LogP contribution in [0.1, 0.15) is 23.3 Å². The molecule has 3 heteroatoms. The van der Waals surface area contributed by atoms with Crippen molar-refractivity contribution in [2.75, 3.05) is 5.75 Å². The Hall–Kier alpha value is -2.13. The average molecular weight is 323 g/mol. The van der Waals surface area contributed by atoms with Crippen LogP contribution in [-0.4, -0.2) is 15.4 Å². The highest BCUT2D eigenvalue weighted by atomic mass is 32.2. The normalized spacial score (nSPS) is 13.4. The van der Waals surface area contributed by atoms with Crippen LogP contribution in [-0.2, 0) is 7.05 Å². The van der Waals surface area contributed by atoms with Gasteiger partial charge in [0.15, 0.2) is 0 Å². The molecule has 3 aromatic rings. The summed E-state index contributed by atoms with van der Waals surface area (Å²) in [5.41, 5.74) is 3.32. The molecule has 0 aliphatic rings. The lowest BCUT2D eigenvalue weighted by Crippen LogP contribution is -1.93. The first kappa shape index (κ1) is 15.8. The Kier molecular flexibility index (Phi) is 4.77. The van der Waals surface area contributed by atoms with Crippen LogP contribution in [0.25, 0.3) is 16.7 Å². The molecule has 2 aromatic carbocycles. The highest BCUT2D eigenvalue weighted by Gasteiger charge is 2.16. The molecule has 1 heterocycles. The van der Waals surface area contributed by atoms with Gasteiger partial charge in [-0.25, -0.2) is 0 Å². The van der Waals surface area contributed by atoms with E-state index in [9.17, 15) is 5.11 Å². The van der Waals surface area contributed by atoms with E-state index in [1.54, 1.807) is 0 Å². The molecule has 23 heavy (non-hydrogen) atoms. The molecule has 1 aromatic heterocycles. The summed E-state index contributed by atoms with van der Waals surface area (Å²) in [7, 11) is 2.07. The van der Waals surface area contributed by atoms with Crippen molar-refractivity contribution in [3.8, 4) is 0 Å². The largest absolute Gasteiger partial charge is 0.508 e. The lowest BCUT2D eigenvalue weighted by Gasteiger charge is -2.12. The van der Waals surface area contributed by atoms with Gasteiger partial charge in [-0.15, -0.1) is 11.8 Å². The third kappa shape index (κ3) is 3.30. The highest BCUT2D eigenvalue weighted by molar-refractivity contribution is 7.99. The molecule has 0 radical (unpaired) electrons. The van der Waals surface area contributed by atoms with Gasteiger partial charge >= 0.3 is 0 Å². The van der Waals surface area contributed by atoms with E-state index in [1.165, 1.54) is 16.5 Å². The maximum Gasteiger partial charge on any atom is 0.120 e. The second kappa shape index (κ2) is 6.97. The molecule has 0 bridgehead atoms. The zero-order valence-corrected chi connectivity index (χ0v) is 14.3. The van der Waals surface area contributed by atoms with Crippen LogP contribution in [0.4, 0.5) is 0 Å². The summed E-state index contributed by atoms with van der Waals surface area (Å²) in [5.74, 6) is 1.33. The van der Waals surface area contributed by atoms with Crippen molar-refractivity contribution in [1.29, 1.82) is 0 Å². The van der Waals surface area contributed by atoms with E-state index >= 15 is 0 Å².